The molecule has 0 radical (unpaired) electrons. The molecule has 1 atom stereocenters. The summed E-state index contributed by atoms with van der Waals surface area (Å²) in [6.07, 6.45) is -0.529. The van der Waals surface area contributed by atoms with Crippen LogP contribution in [0.4, 0.5) is 4.79 Å². The van der Waals surface area contributed by atoms with E-state index in [0.717, 1.165) is 0 Å². The first kappa shape index (κ1) is 29.5. The molecule has 10 nitrogen and oxygen atoms in total. The van der Waals surface area contributed by atoms with Crippen molar-refractivity contribution >= 4 is 22.1 Å². The van der Waals surface area contributed by atoms with E-state index in [1.54, 1.807) is 58.9 Å². The van der Waals surface area contributed by atoms with Crippen LogP contribution in [0.5, 0.6) is 11.5 Å². The molecule has 2 N–H and O–H groups in total. The van der Waals surface area contributed by atoms with Crippen molar-refractivity contribution < 1.29 is 37.1 Å². The highest BCUT2D eigenvalue weighted by atomic mass is 32.2. The lowest BCUT2D eigenvalue weighted by molar-refractivity contribution is -0.148. The van der Waals surface area contributed by atoms with E-state index in [1.807, 2.05) is 4.89 Å². The first-order chi connectivity index (χ1) is 17.4. The number of rotatable bonds is 11. The number of benzene rings is 2. The third-order valence-corrected chi connectivity index (χ3v) is 5.84. The quantitative estimate of drug-likeness (QED) is 0.255. The molecule has 0 aromatic heterocycles. The predicted octanol–water partition coefficient (Wildman–Crippen LogP) is 3.53. The van der Waals surface area contributed by atoms with Crippen LogP contribution in [0.3, 0.4) is 0 Å². The molecule has 1 amide bonds. The zero-order valence-corrected chi connectivity index (χ0v) is 22.3. The summed E-state index contributed by atoms with van der Waals surface area (Å²) in [5, 5.41) is 2.59. The van der Waals surface area contributed by atoms with Gasteiger partial charge in [0.15, 0.2) is 0 Å². The maximum Gasteiger partial charge on any atom is 0.407 e. The Morgan fingerprint density at radius 2 is 1.57 bits per heavy atom. The molecule has 0 heterocycles. The van der Waals surface area contributed by atoms with Gasteiger partial charge in [-0.25, -0.2) is 18.0 Å². The summed E-state index contributed by atoms with van der Waals surface area (Å²) < 4.78 is 40.9. The van der Waals surface area contributed by atoms with Crippen molar-refractivity contribution in [2.45, 2.75) is 51.0 Å². The Labute approximate surface area is 217 Å². The van der Waals surface area contributed by atoms with E-state index in [-0.39, 0.29) is 24.7 Å². The Balaban J connectivity index is 1.82. The molecule has 200 valence electrons. The molecule has 2 aromatic rings. The van der Waals surface area contributed by atoms with E-state index in [0.29, 0.717) is 17.1 Å². The first-order valence-corrected chi connectivity index (χ1v) is 12.9. The van der Waals surface area contributed by atoms with E-state index in [4.69, 9.17) is 19.0 Å². The Morgan fingerprint density at radius 1 is 0.973 bits per heavy atom. The number of nitrogens with one attached hydrogen (secondary N) is 2. The summed E-state index contributed by atoms with van der Waals surface area (Å²) in [4.78, 5) is 30.6. The summed E-state index contributed by atoms with van der Waals surface area (Å²) in [6.45, 7) is 9.26. The normalized spacial score (nSPS) is 11.9. The van der Waals surface area contributed by atoms with Crippen molar-refractivity contribution in [3.8, 4) is 23.3 Å². The number of hydrogen-bond acceptors (Lipinski definition) is 8. The molecular formula is C26H32N2O8S. The summed E-state index contributed by atoms with van der Waals surface area (Å²) in [6, 6.07) is 12.3. The minimum atomic E-state index is -4.08. The number of ether oxygens (including phenoxy) is 3. The predicted molar refractivity (Wildman–Crippen MR) is 136 cm³/mol. The van der Waals surface area contributed by atoms with E-state index < -0.39 is 33.6 Å². The fraction of sp³-hybridized carbons (Fsp3) is 0.385. The number of alkyl carbamates (subject to hydrolysis) is 1. The van der Waals surface area contributed by atoms with E-state index in [9.17, 15) is 18.0 Å². The van der Waals surface area contributed by atoms with Gasteiger partial charge in [0.05, 0.1) is 17.4 Å². The van der Waals surface area contributed by atoms with Crippen molar-refractivity contribution in [2.75, 3.05) is 19.8 Å². The van der Waals surface area contributed by atoms with Crippen LogP contribution < -0.4 is 19.7 Å². The summed E-state index contributed by atoms with van der Waals surface area (Å²) in [5.41, 5.74) is 0.0172. The van der Waals surface area contributed by atoms with Crippen LogP contribution in [0.25, 0.3) is 0 Å². The second kappa shape index (κ2) is 13.5. The van der Waals surface area contributed by atoms with Gasteiger partial charge in [-0.3, -0.25) is 0 Å². The van der Waals surface area contributed by atoms with Crippen LogP contribution in [0.15, 0.2) is 53.4 Å². The number of carbonyl (C=O) groups excluding carboxylic acids is 2. The second-order valence-corrected chi connectivity index (χ2v) is 10.4. The van der Waals surface area contributed by atoms with Crippen molar-refractivity contribution in [2.24, 2.45) is 0 Å². The lowest BCUT2D eigenvalue weighted by Crippen LogP contribution is -2.34. The van der Waals surface area contributed by atoms with Gasteiger partial charge < -0.3 is 24.4 Å². The molecule has 0 fully saturated rings. The molecule has 0 aliphatic carbocycles. The van der Waals surface area contributed by atoms with Gasteiger partial charge in [0.2, 0.25) is 0 Å². The third-order valence-electron chi connectivity index (χ3n) is 4.65. The van der Waals surface area contributed by atoms with Gasteiger partial charge in [0.25, 0.3) is 10.0 Å². The number of amides is 1. The van der Waals surface area contributed by atoms with Crippen molar-refractivity contribution in [3.63, 3.8) is 0 Å². The number of sulfonamides is 1. The van der Waals surface area contributed by atoms with Crippen molar-refractivity contribution in [1.82, 2.24) is 10.2 Å². The smallest absolute Gasteiger partial charge is 0.407 e. The highest BCUT2D eigenvalue weighted by molar-refractivity contribution is 7.89. The SMILES string of the molecule is CC#CCOc1ccc(S(=O)(=O)NOC(=O)[C@H](C)c2ccc(OCCNC(=O)OC(C)(C)C)cc2)cc1. The second-order valence-electron chi connectivity index (χ2n) is 8.76. The van der Waals surface area contributed by atoms with Gasteiger partial charge in [-0.2, -0.15) is 0 Å². The largest absolute Gasteiger partial charge is 0.492 e. The van der Waals surface area contributed by atoms with Gasteiger partial charge in [-0.05, 0) is 81.5 Å². The summed E-state index contributed by atoms with van der Waals surface area (Å²) in [7, 11) is -4.08. The molecular weight excluding hydrogens is 500 g/mol. The molecule has 2 aromatic carbocycles. The molecule has 37 heavy (non-hydrogen) atoms. The first-order valence-electron chi connectivity index (χ1n) is 11.5. The van der Waals surface area contributed by atoms with Crippen LogP contribution in [-0.2, 0) is 24.4 Å². The van der Waals surface area contributed by atoms with Crippen LogP contribution in [-0.4, -0.2) is 45.8 Å². The van der Waals surface area contributed by atoms with Gasteiger partial charge in [0, 0.05) is 0 Å². The van der Waals surface area contributed by atoms with Gasteiger partial charge >= 0.3 is 12.1 Å². The molecule has 0 saturated carbocycles. The Hall–Kier alpha value is -3.75. The van der Waals surface area contributed by atoms with Crippen LogP contribution in [0.2, 0.25) is 0 Å². The monoisotopic (exact) mass is 532 g/mol. The summed E-state index contributed by atoms with van der Waals surface area (Å²) in [5.74, 6) is 4.89. The Kier molecular flexibility index (Phi) is 10.8. The highest BCUT2D eigenvalue weighted by Gasteiger charge is 2.22. The lowest BCUT2D eigenvalue weighted by Gasteiger charge is -2.19. The third kappa shape index (κ3) is 10.4. The Bertz CT molecular complexity index is 1210. The average Bonchev–Trinajstić information content (AvgIpc) is 2.84. The van der Waals surface area contributed by atoms with Crippen LogP contribution in [0.1, 0.15) is 46.1 Å². The zero-order valence-electron chi connectivity index (χ0n) is 21.5. The minimum absolute atomic E-state index is 0.0930. The fourth-order valence-electron chi connectivity index (χ4n) is 2.76. The molecule has 0 saturated heterocycles. The minimum Gasteiger partial charge on any atom is -0.492 e. The van der Waals surface area contributed by atoms with Gasteiger partial charge in [-0.1, -0.05) is 18.1 Å². The molecule has 0 bridgehead atoms. The lowest BCUT2D eigenvalue weighted by atomic mass is 10.0. The molecule has 0 unspecified atom stereocenters. The standard InChI is InChI=1S/C26H32N2O8S/c1-6-7-17-33-22-12-14-23(15-13-22)37(31,32)28-36-24(29)19(2)20-8-10-21(11-9-20)34-18-16-27-25(30)35-26(3,4)5/h8-15,19,28H,16-18H2,1-5H3,(H,27,30)/t19-/m1/s1. The fourth-order valence-corrected chi connectivity index (χ4v) is 3.55. The number of hydrogen-bond donors (Lipinski definition) is 2. The van der Waals surface area contributed by atoms with Gasteiger partial charge in [0.1, 0.15) is 30.3 Å². The van der Waals surface area contributed by atoms with E-state index in [1.165, 1.54) is 24.3 Å². The maximum absolute atomic E-state index is 12.4. The van der Waals surface area contributed by atoms with Crippen LogP contribution in [0, 0.1) is 11.8 Å². The molecule has 11 heteroatoms. The molecule has 0 aliphatic rings. The Morgan fingerprint density at radius 3 is 2.16 bits per heavy atom. The van der Waals surface area contributed by atoms with E-state index >= 15 is 0 Å². The van der Waals surface area contributed by atoms with Crippen LogP contribution >= 0.6 is 0 Å². The summed E-state index contributed by atoms with van der Waals surface area (Å²) >= 11 is 0. The maximum atomic E-state index is 12.4. The average molecular weight is 533 g/mol. The topological polar surface area (TPSA) is 129 Å². The van der Waals surface area contributed by atoms with Crippen molar-refractivity contribution in [1.29, 1.82) is 0 Å². The highest BCUT2D eigenvalue weighted by Crippen LogP contribution is 2.21. The molecule has 0 spiro atoms. The van der Waals surface area contributed by atoms with Crippen molar-refractivity contribution in [3.05, 3.63) is 54.1 Å². The molecule has 0 aliphatic heterocycles. The van der Waals surface area contributed by atoms with E-state index in [2.05, 4.69) is 17.2 Å². The zero-order chi connectivity index (χ0) is 27.5. The molecule has 2 rings (SSSR count). The number of carbonyl (C=O) groups is 2. The van der Waals surface area contributed by atoms with Gasteiger partial charge in [-0.15, -0.1) is 5.92 Å².